The Morgan fingerprint density at radius 2 is 1.77 bits per heavy atom. The molecule has 0 spiro atoms. The first-order valence-corrected chi connectivity index (χ1v) is 10.0. The van der Waals surface area contributed by atoms with Gasteiger partial charge in [-0.25, -0.2) is 4.39 Å². The van der Waals surface area contributed by atoms with Crippen molar-refractivity contribution in [1.82, 2.24) is 9.88 Å². The number of nitrogens with one attached hydrogen (secondary N) is 1. The van der Waals surface area contributed by atoms with Gasteiger partial charge >= 0.3 is 0 Å². The molecule has 3 aromatic carbocycles. The van der Waals surface area contributed by atoms with Crippen molar-refractivity contribution in [2.24, 2.45) is 0 Å². The summed E-state index contributed by atoms with van der Waals surface area (Å²) in [6, 6.07) is 24.1. The number of aliphatic hydroxyl groups excluding tert-OH is 1. The van der Waals surface area contributed by atoms with Crippen LogP contribution in [-0.4, -0.2) is 29.4 Å². The fraction of sp³-hybridized carbons (Fsp3) is 0.200. The summed E-state index contributed by atoms with van der Waals surface area (Å²) in [7, 11) is 1.84. The molecule has 0 saturated heterocycles. The third kappa shape index (κ3) is 4.37. The summed E-state index contributed by atoms with van der Waals surface area (Å²) in [5.74, 6) is 0.492. The van der Waals surface area contributed by atoms with E-state index in [1.54, 1.807) is 12.1 Å². The molecule has 0 aliphatic rings. The van der Waals surface area contributed by atoms with E-state index in [4.69, 9.17) is 4.74 Å². The first kappa shape index (κ1) is 20.1. The summed E-state index contributed by atoms with van der Waals surface area (Å²) in [4.78, 5) is 0. The monoisotopic (exact) mass is 404 g/mol. The maximum atomic E-state index is 13.1. The molecule has 0 amide bonds. The summed E-state index contributed by atoms with van der Waals surface area (Å²) < 4.78 is 21.1. The van der Waals surface area contributed by atoms with Crippen molar-refractivity contribution >= 4 is 10.9 Å². The minimum atomic E-state index is -0.581. The van der Waals surface area contributed by atoms with Crippen molar-refractivity contribution in [3.05, 3.63) is 102 Å². The van der Waals surface area contributed by atoms with Crippen molar-refractivity contribution in [2.75, 3.05) is 13.6 Å². The zero-order valence-electron chi connectivity index (χ0n) is 16.8. The average Bonchev–Trinajstić information content (AvgIpc) is 3.17. The van der Waals surface area contributed by atoms with E-state index in [9.17, 15) is 9.50 Å². The van der Waals surface area contributed by atoms with Gasteiger partial charge in [0, 0.05) is 23.6 Å². The minimum Gasteiger partial charge on any atom is -0.489 e. The van der Waals surface area contributed by atoms with E-state index in [1.807, 2.05) is 67.8 Å². The number of hydrogen-bond donors (Lipinski definition) is 2. The van der Waals surface area contributed by atoms with E-state index in [-0.39, 0.29) is 11.9 Å². The third-order valence-electron chi connectivity index (χ3n) is 5.23. The normalized spacial score (nSPS) is 13.3. The third-order valence-corrected chi connectivity index (χ3v) is 5.23. The van der Waals surface area contributed by atoms with E-state index in [2.05, 4.69) is 9.88 Å². The highest BCUT2D eigenvalue weighted by molar-refractivity contribution is 5.82. The number of aliphatic hydroxyl groups is 1. The highest BCUT2D eigenvalue weighted by Crippen LogP contribution is 2.30. The zero-order valence-corrected chi connectivity index (χ0v) is 16.8. The molecule has 30 heavy (non-hydrogen) atoms. The van der Waals surface area contributed by atoms with Crippen molar-refractivity contribution < 1.29 is 14.2 Å². The largest absolute Gasteiger partial charge is 0.489 e. The Labute approximate surface area is 175 Å². The molecule has 0 bridgehead atoms. The van der Waals surface area contributed by atoms with E-state index in [0.717, 1.165) is 27.8 Å². The predicted molar refractivity (Wildman–Crippen MR) is 117 cm³/mol. The molecular weight excluding hydrogens is 379 g/mol. The summed E-state index contributed by atoms with van der Waals surface area (Å²) in [6.07, 6.45) is 1.42. The first-order valence-electron chi connectivity index (χ1n) is 10.0. The molecule has 0 fully saturated rings. The predicted octanol–water partition coefficient (Wildman–Crippen LogP) is 4.53. The van der Waals surface area contributed by atoms with Crippen LogP contribution in [0.3, 0.4) is 0 Å². The zero-order chi connectivity index (χ0) is 20.9. The van der Waals surface area contributed by atoms with Crippen LogP contribution < -0.4 is 10.1 Å². The van der Waals surface area contributed by atoms with Crippen LogP contribution in [0.2, 0.25) is 0 Å². The number of rotatable bonds is 8. The van der Waals surface area contributed by atoms with E-state index < -0.39 is 6.10 Å². The van der Waals surface area contributed by atoms with Crippen LogP contribution in [0, 0.1) is 5.82 Å². The average molecular weight is 404 g/mol. The molecule has 0 radical (unpaired) electrons. The van der Waals surface area contributed by atoms with Crippen LogP contribution >= 0.6 is 0 Å². The minimum absolute atomic E-state index is 0.206. The molecule has 154 valence electrons. The molecule has 1 aromatic heterocycles. The molecule has 0 aliphatic carbocycles. The second kappa shape index (κ2) is 9.11. The number of likely N-dealkylation sites (N-methyl/N-ethyl adjacent to an activating group) is 1. The molecule has 2 unspecified atom stereocenters. The van der Waals surface area contributed by atoms with Gasteiger partial charge in [0.15, 0.2) is 0 Å². The molecule has 4 aromatic rings. The molecule has 0 aliphatic heterocycles. The Morgan fingerprint density at radius 1 is 1.00 bits per heavy atom. The lowest BCUT2D eigenvalue weighted by molar-refractivity contribution is 0.132. The lowest BCUT2D eigenvalue weighted by Crippen LogP contribution is -2.33. The molecule has 4 rings (SSSR count). The van der Waals surface area contributed by atoms with Crippen LogP contribution in [0.4, 0.5) is 4.39 Å². The van der Waals surface area contributed by atoms with Gasteiger partial charge in [-0.15, -0.1) is 0 Å². The Balaban J connectivity index is 1.60. The Morgan fingerprint density at radius 3 is 2.50 bits per heavy atom. The maximum Gasteiger partial charge on any atom is 0.123 e. The lowest BCUT2D eigenvalue weighted by atomic mass is 10.0. The van der Waals surface area contributed by atoms with Crippen LogP contribution in [-0.2, 0) is 6.61 Å². The molecule has 0 saturated carbocycles. The second-order valence-corrected chi connectivity index (χ2v) is 7.34. The fourth-order valence-electron chi connectivity index (χ4n) is 3.76. The molecule has 2 atom stereocenters. The van der Waals surface area contributed by atoms with Gasteiger partial charge in [-0.3, -0.25) is 0 Å². The summed E-state index contributed by atoms with van der Waals surface area (Å²) in [5.41, 5.74) is 2.98. The second-order valence-electron chi connectivity index (χ2n) is 7.34. The van der Waals surface area contributed by atoms with Crippen LogP contribution in [0.1, 0.15) is 17.2 Å². The quantitative estimate of drug-likeness (QED) is 0.454. The highest BCUT2D eigenvalue weighted by atomic mass is 19.1. The molecular formula is C25H25FN2O2. The Hall–Kier alpha value is -3.15. The van der Waals surface area contributed by atoms with Gasteiger partial charge in [-0.05, 0) is 54.6 Å². The highest BCUT2D eigenvalue weighted by Gasteiger charge is 2.23. The number of hydrogen-bond acceptors (Lipinski definition) is 3. The Kier molecular flexibility index (Phi) is 6.12. The van der Waals surface area contributed by atoms with Gasteiger partial charge < -0.3 is 19.7 Å². The number of benzene rings is 3. The number of halogens is 1. The Bertz CT molecular complexity index is 1090. The van der Waals surface area contributed by atoms with E-state index in [1.165, 1.54) is 12.1 Å². The van der Waals surface area contributed by atoms with Gasteiger partial charge in [0.25, 0.3) is 0 Å². The number of ether oxygens (including phenoxy) is 1. The summed E-state index contributed by atoms with van der Waals surface area (Å²) >= 11 is 0. The first-order chi connectivity index (χ1) is 14.7. The van der Waals surface area contributed by atoms with Crippen LogP contribution in [0.5, 0.6) is 5.75 Å². The van der Waals surface area contributed by atoms with Gasteiger partial charge in [-0.2, -0.15) is 0 Å². The molecule has 5 heteroatoms. The van der Waals surface area contributed by atoms with Gasteiger partial charge in [0.2, 0.25) is 0 Å². The smallest absolute Gasteiger partial charge is 0.123 e. The van der Waals surface area contributed by atoms with Crippen molar-refractivity contribution in [3.63, 3.8) is 0 Å². The summed E-state index contributed by atoms with van der Waals surface area (Å²) in [6.45, 7) is 0.859. The molecule has 1 heterocycles. The molecule has 2 N–H and O–H groups in total. The van der Waals surface area contributed by atoms with Gasteiger partial charge in [-0.1, -0.05) is 42.5 Å². The maximum absolute atomic E-state index is 13.1. The lowest BCUT2D eigenvalue weighted by Gasteiger charge is -2.26. The van der Waals surface area contributed by atoms with E-state index >= 15 is 0 Å². The SMILES string of the molecule is CNCC(O)C(c1ccccc1)n1ccc2cc(OCc3ccc(F)cc3)ccc21. The van der Waals surface area contributed by atoms with Crippen LogP contribution in [0.25, 0.3) is 10.9 Å². The van der Waals surface area contributed by atoms with Crippen molar-refractivity contribution in [3.8, 4) is 5.75 Å². The number of nitrogens with zero attached hydrogens (tertiary/aromatic N) is 1. The van der Waals surface area contributed by atoms with Gasteiger partial charge in [0.1, 0.15) is 18.2 Å². The van der Waals surface area contributed by atoms with Crippen molar-refractivity contribution in [2.45, 2.75) is 18.8 Å². The molecule has 4 nitrogen and oxygen atoms in total. The van der Waals surface area contributed by atoms with E-state index in [0.29, 0.717) is 13.2 Å². The topological polar surface area (TPSA) is 46.4 Å². The fourth-order valence-corrected chi connectivity index (χ4v) is 3.76. The van der Waals surface area contributed by atoms with Crippen LogP contribution in [0.15, 0.2) is 85.1 Å². The van der Waals surface area contributed by atoms with Gasteiger partial charge in [0.05, 0.1) is 12.1 Å². The standard InChI is InChI=1S/C25H25FN2O2/c1-27-16-24(29)25(19-5-3-2-4-6-19)28-14-13-20-15-22(11-12-23(20)28)30-17-18-7-9-21(26)10-8-18/h2-15,24-25,27,29H,16-17H2,1H3. The summed E-state index contributed by atoms with van der Waals surface area (Å²) in [5, 5.41) is 14.9. The number of fused-ring (bicyclic) bond motifs is 1. The van der Waals surface area contributed by atoms with Crippen molar-refractivity contribution in [1.29, 1.82) is 0 Å². The number of aromatic nitrogens is 1.